The van der Waals surface area contributed by atoms with Crippen molar-refractivity contribution >= 4 is 5.91 Å². The van der Waals surface area contributed by atoms with Crippen LogP contribution in [0.2, 0.25) is 0 Å². The van der Waals surface area contributed by atoms with Gasteiger partial charge in [-0.1, -0.05) is 6.07 Å². The molecular formula is C19H30N2O4. The number of likely N-dealkylation sites (tertiary alicyclic amines) is 1. The average Bonchev–Trinajstić information content (AvgIpc) is 2.97. The maximum atomic E-state index is 12.0. The molecule has 0 spiro atoms. The number of carbonyl (C=O) groups is 1. The molecule has 0 radical (unpaired) electrons. The van der Waals surface area contributed by atoms with Crippen LogP contribution in [0, 0.1) is 5.92 Å². The van der Waals surface area contributed by atoms with Gasteiger partial charge in [0.1, 0.15) is 5.75 Å². The van der Waals surface area contributed by atoms with Gasteiger partial charge >= 0.3 is 0 Å². The van der Waals surface area contributed by atoms with Crippen LogP contribution in [0.4, 0.5) is 0 Å². The number of hydrogen-bond donors (Lipinski definition) is 1. The van der Waals surface area contributed by atoms with Crippen molar-refractivity contribution in [3.63, 3.8) is 0 Å². The van der Waals surface area contributed by atoms with Crippen LogP contribution >= 0.6 is 0 Å². The highest BCUT2D eigenvalue weighted by molar-refractivity contribution is 5.75. The Bertz CT molecular complexity index is 577. The molecule has 140 valence electrons. The van der Waals surface area contributed by atoms with Crippen LogP contribution in [0.5, 0.6) is 5.75 Å². The Morgan fingerprint density at radius 3 is 2.72 bits per heavy atom. The summed E-state index contributed by atoms with van der Waals surface area (Å²) in [6, 6.07) is 5.94. The zero-order chi connectivity index (χ0) is 18.4. The van der Waals surface area contributed by atoms with Gasteiger partial charge in [0.05, 0.1) is 19.3 Å². The SMILES string of the molecule is CCOc1ccc(CN2C[C@@H](CC(=O)N(C)C)[C@@H](OC)C2)cc1CO. The van der Waals surface area contributed by atoms with Crippen LogP contribution in [0.1, 0.15) is 24.5 Å². The molecule has 0 aromatic heterocycles. The van der Waals surface area contributed by atoms with E-state index in [0.717, 1.165) is 36.5 Å². The van der Waals surface area contributed by atoms with Gasteiger partial charge in [0.2, 0.25) is 5.91 Å². The van der Waals surface area contributed by atoms with Crippen LogP contribution in [0.15, 0.2) is 18.2 Å². The fourth-order valence-electron chi connectivity index (χ4n) is 3.34. The predicted octanol–water partition coefficient (Wildman–Crippen LogP) is 1.50. The van der Waals surface area contributed by atoms with Gasteiger partial charge in [-0.05, 0) is 24.6 Å². The summed E-state index contributed by atoms with van der Waals surface area (Å²) in [5, 5.41) is 9.55. The number of nitrogens with zero attached hydrogens (tertiary/aromatic N) is 2. The van der Waals surface area contributed by atoms with Crippen LogP contribution in [0.3, 0.4) is 0 Å². The molecule has 0 unspecified atom stereocenters. The molecule has 1 aliphatic rings. The summed E-state index contributed by atoms with van der Waals surface area (Å²) in [7, 11) is 5.28. The van der Waals surface area contributed by atoms with Crippen molar-refractivity contribution < 1.29 is 19.4 Å². The second kappa shape index (κ2) is 9.17. The van der Waals surface area contributed by atoms with E-state index in [1.165, 1.54) is 0 Å². The third kappa shape index (κ3) is 5.17. The van der Waals surface area contributed by atoms with E-state index in [2.05, 4.69) is 4.90 Å². The summed E-state index contributed by atoms with van der Waals surface area (Å²) >= 11 is 0. The summed E-state index contributed by atoms with van der Waals surface area (Å²) in [6.07, 6.45) is 0.580. The van der Waals surface area contributed by atoms with Crippen LogP contribution in [0.25, 0.3) is 0 Å². The van der Waals surface area contributed by atoms with E-state index in [4.69, 9.17) is 9.47 Å². The highest BCUT2D eigenvalue weighted by atomic mass is 16.5. The fourth-order valence-corrected chi connectivity index (χ4v) is 3.34. The summed E-state index contributed by atoms with van der Waals surface area (Å²) in [6.45, 7) is 4.88. The fraction of sp³-hybridized carbons (Fsp3) is 0.632. The Labute approximate surface area is 150 Å². The van der Waals surface area contributed by atoms with E-state index in [-0.39, 0.29) is 24.5 Å². The number of aliphatic hydroxyl groups excluding tert-OH is 1. The Hall–Kier alpha value is -1.63. The first-order valence-electron chi connectivity index (χ1n) is 8.79. The minimum absolute atomic E-state index is 0.0379. The molecule has 1 amide bonds. The third-order valence-corrected chi connectivity index (χ3v) is 4.70. The van der Waals surface area contributed by atoms with Crippen molar-refractivity contribution in [3.05, 3.63) is 29.3 Å². The lowest BCUT2D eigenvalue weighted by Gasteiger charge is -2.18. The normalized spacial score (nSPS) is 20.7. The monoisotopic (exact) mass is 350 g/mol. The molecule has 0 aliphatic carbocycles. The molecule has 2 rings (SSSR count). The number of carbonyl (C=O) groups excluding carboxylic acids is 1. The lowest BCUT2D eigenvalue weighted by atomic mass is 10.0. The van der Waals surface area contributed by atoms with Gasteiger partial charge in [-0.2, -0.15) is 0 Å². The lowest BCUT2D eigenvalue weighted by Crippen LogP contribution is -2.29. The first-order chi connectivity index (χ1) is 12.0. The summed E-state index contributed by atoms with van der Waals surface area (Å²) in [5.74, 6) is 1.08. The van der Waals surface area contributed by atoms with E-state index in [0.29, 0.717) is 13.0 Å². The standard InChI is InChI=1S/C19H30N2O4/c1-5-25-17-7-6-14(8-16(17)13-22)10-21-11-15(18(12-21)24-4)9-19(23)20(2)3/h6-8,15,18,22H,5,9-13H2,1-4H3/t15-,18+/m1/s1. The molecule has 1 N–H and O–H groups in total. The highest BCUT2D eigenvalue weighted by Gasteiger charge is 2.34. The van der Waals surface area contributed by atoms with E-state index in [9.17, 15) is 9.90 Å². The van der Waals surface area contributed by atoms with E-state index in [1.807, 2.05) is 25.1 Å². The van der Waals surface area contributed by atoms with E-state index in [1.54, 1.807) is 26.1 Å². The van der Waals surface area contributed by atoms with Crippen molar-refractivity contribution in [1.29, 1.82) is 0 Å². The van der Waals surface area contributed by atoms with Gasteiger partial charge in [-0.15, -0.1) is 0 Å². The van der Waals surface area contributed by atoms with Gasteiger partial charge in [-0.25, -0.2) is 0 Å². The van der Waals surface area contributed by atoms with Gasteiger partial charge in [0, 0.05) is 58.7 Å². The Kier molecular flexibility index (Phi) is 7.23. The second-order valence-electron chi connectivity index (χ2n) is 6.75. The molecular weight excluding hydrogens is 320 g/mol. The molecule has 0 bridgehead atoms. The van der Waals surface area contributed by atoms with Gasteiger partial charge in [-0.3, -0.25) is 9.69 Å². The highest BCUT2D eigenvalue weighted by Crippen LogP contribution is 2.26. The van der Waals surface area contributed by atoms with Crippen molar-refractivity contribution in [1.82, 2.24) is 9.80 Å². The molecule has 6 heteroatoms. The van der Waals surface area contributed by atoms with E-state index >= 15 is 0 Å². The van der Waals surface area contributed by atoms with Crippen LogP contribution in [-0.4, -0.2) is 67.8 Å². The quantitative estimate of drug-likeness (QED) is 0.770. The second-order valence-corrected chi connectivity index (χ2v) is 6.75. The number of amides is 1. The minimum Gasteiger partial charge on any atom is -0.494 e. The molecule has 1 fully saturated rings. The maximum absolute atomic E-state index is 12.0. The third-order valence-electron chi connectivity index (χ3n) is 4.70. The zero-order valence-electron chi connectivity index (χ0n) is 15.7. The lowest BCUT2D eigenvalue weighted by molar-refractivity contribution is -0.130. The molecule has 1 aliphatic heterocycles. The number of benzene rings is 1. The number of methoxy groups -OCH3 is 1. The molecule has 1 saturated heterocycles. The van der Waals surface area contributed by atoms with Crippen molar-refractivity contribution in [2.75, 3.05) is 40.9 Å². The molecule has 1 aromatic carbocycles. The Morgan fingerprint density at radius 2 is 2.12 bits per heavy atom. The summed E-state index contributed by atoms with van der Waals surface area (Å²) in [4.78, 5) is 16.0. The van der Waals surface area contributed by atoms with E-state index < -0.39 is 0 Å². The molecule has 1 heterocycles. The smallest absolute Gasteiger partial charge is 0.222 e. The molecule has 2 atom stereocenters. The van der Waals surface area contributed by atoms with Gasteiger partial charge < -0.3 is 19.5 Å². The Balaban J connectivity index is 2.02. The van der Waals surface area contributed by atoms with Crippen LogP contribution in [-0.2, 0) is 22.7 Å². The largest absolute Gasteiger partial charge is 0.494 e. The molecule has 0 saturated carbocycles. The number of ether oxygens (including phenoxy) is 2. The van der Waals surface area contributed by atoms with Crippen LogP contribution < -0.4 is 4.74 Å². The summed E-state index contributed by atoms with van der Waals surface area (Å²) < 4.78 is 11.1. The average molecular weight is 350 g/mol. The molecule has 6 nitrogen and oxygen atoms in total. The number of hydrogen-bond acceptors (Lipinski definition) is 5. The zero-order valence-corrected chi connectivity index (χ0v) is 15.7. The minimum atomic E-state index is -0.0379. The van der Waals surface area contributed by atoms with Crippen molar-refractivity contribution in [2.24, 2.45) is 5.92 Å². The van der Waals surface area contributed by atoms with Crippen molar-refractivity contribution in [3.8, 4) is 5.75 Å². The first-order valence-corrected chi connectivity index (χ1v) is 8.79. The van der Waals surface area contributed by atoms with Crippen molar-refractivity contribution in [2.45, 2.75) is 32.6 Å². The summed E-state index contributed by atoms with van der Waals surface area (Å²) in [5.41, 5.74) is 1.93. The number of aliphatic hydroxyl groups is 1. The van der Waals surface area contributed by atoms with Gasteiger partial charge in [0.25, 0.3) is 0 Å². The molecule has 25 heavy (non-hydrogen) atoms. The number of rotatable bonds is 8. The first kappa shape index (κ1) is 19.7. The molecule has 1 aromatic rings. The predicted molar refractivity (Wildman–Crippen MR) is 96.4 cm³/mol. The Morgan fingerprint density at radius 1 is 1.36 bits per heavy atom. The van der Waals surface area contributed by atoms with Gasteiger partial charge in [0.15, 0.2) is 0 Å². The topological polar surface area (TPSA) is 62.2 Å². The maximum Gasteiger partial charge on any atom is 0.222 e.